The van der Waals surface area contributed by atoms with Gasteiger partial charge in [-0.15, -0.1) is 5.10 Å². The number of aryl methyl sites for hydroxylation is 1. The summed E-state index contributed by atoms with van der Waals surface area (Å²) in [6.45, 7) is -2.47. The first kappa shape index (κ1) is 19.8. The Balaban J connectivity index is 1.49. The van der Waals surface area contributed by atoms with Gasteiger partial charge in [-0.2, -0.15) is 19.0 Å². The SMILES string of the molecule is Cn1cc2cc(NCc3nnc(Cl)cc3Nc3ccc(OC(F)F)cc3)ccc2n1. The second kappa shape index (κ2) is 8.50. The van der Waals surface area contributed by atoms with E-state index in [1.54, 1.807) is 22.9 Å². The minimum Gasteiger partial charge on any atom is -0.435 e. The van der Waals surface area contributed by atoms with Crippen molar-refractivity contribution < 1.29 is 13.5 Å². The average Bonchev–Trinajstić information content (AvgIpc) is 3.08. The molecule has 0 aliphatic carbocycles. The zero-order valence-corrected chi connectivity index (χ0v) is 16.6. The number of rotatable bonds is 7. The normalized spacial score (nSPS) is 11.1. The monoisotopic (exact) mass is 430 g/mol. The van der Waals surface area contributed by atoms with Crippen LogP contribution < -0.4 is 15.4 Å². The van der Waals surface area contributed by atoms with Crippen LogP contribution in [0.3, 0.4) is 0 Å². The van der Waals surface area contributed by atoms with Gasteiger partial charge in [0, 0.05) is 36.1 Å². The first-order chi connectivity index (χ1) is 14.5. The van der Waals surface area contributed by atoms with Crippen LogP contribution in [0.5, 0.6) is 5.75 Å². The second-order valence-electron chi connectivity index (χ2n) is 6.49. The summed E-state index contributed by atoms with van der Waals surface area (Å²) >= 11 is 6.00. The van der Waals surface area contributed by atoms with Crippen molar-refractivity contribution in [2.75, 3.05) is 10.6 Å². The lowest BCUT2D eigenvalue weighted by Gasteiger charge is -2.13. The summed E-state index contributed by atoms with van der Waals surface area (Å²) in [4.78, 5) is 0. The van der Waals surface area contributed by atoms with Crippen LogP contribution in [-0.2, 0) is 13.6 Å². The average molecular weight is 431 g/mol. The highest BCUT2D eigenvalue weighted by atomic mass is 35.5. The quantitative estimate of drug-likeness (QED) is 0.431. The van der Waals surface area contributed by atoms with Crippen LogP contribution in [0.25, 0.3) is 10.9 Å². The molecule has 10 heteroatoms. The Labute approximate surface area is 175 Å². The van der Waals surface area contributed by atoms with E-state index in [0.29, 0.717) is 23.6 Å². The highest BCUT2D eigenvalue weighted by molar-refractivity contribution is 6.29. The minimum absolute atomic E-state index is 0.0779. The molecule has 0 saturated carbocycles. The maximum absolute atomic E-state index is 12.3. The van der Waals surface area contributed by atoms with E-state index in [1.807, 2.05) is 31.4 Å². The maximum Gasteiger partial charge on any atom is 0.387 e. The van der Waals surface area contributed by atoms with Crippen molar-refractivity contribution in [2.24, 2.45) is 7.05 Å². The van der Waals surface area contributed by atoms with Crippen LogP contribution in [0.4, 0.5) is 25.8 Å². The first-order valence-corrected chi connectivity index (χ1v) is 9.35. The van der Waals surface area contributed by atoms with E-state index in [2.05, 4.69) is 30.7 Å². The van der Waals surface area contributed by atoms with Gasteiger partial charge in [0.15, 0.2) is 5.15 Å². The summed E-state index contributed by atoms with van der Waals surface area (Å²) < 4.78 is 30.7. The number of anilines is 3. The predicted molar refractivity (Wildman–Crippen MR) is 111 cm³/mol. The summed E-state index contributed by atoms with van der Waals surface area (Å²) in [6, 6.07) is 13.7. The summed E-state index contributed by atoms with van der Waals surface area (Å²) in [5.74, 6) is 0.0779. The third kappa shape index (κ3) is 4.74. The van der Waals surface area contributed by atoms with Gasteiger partial charge in [-0.1, -0.05) is 11.6 Å². The number of ether oxygens (including phenoxy) is 1. The number of hydrogen-bond acceptors (Lipinski definition) is 6. The molecule has 0 fully saturated rings. The predicted octanol–water partition coefficient (Wildman–Crippen LogP) is 4.97. The molecule has 2 N–H and O–H groups in total. The van der Waals surface area contributed by atoms with Crippen molar-refractivity contribution in [3.8, 4) is 5.75 Å². The molecule has 0 aliphatic heterocycles. The van der Waals surface area contributed by atoms with E-state index in [0.717, 1.165) is 16.6 Å². The number of fused-ring (bicyclic) bond motifs is 1. The number of halogens is 3. The molecule has 2 aromatic heterocycles. The fourth-order valence-corrected chi connectivity index (χ4v) is 3.10. The molecule has 4 rings (SSSR count). The summed E-state index contributed by atoms with van der Waals surface area (Å²) in [5, 5.41) is 20.2. The summed E-state index contributed by atoms with van der Waals surface area (Å²) in [5.41, 5.74) is 3.77. The Morgan fingerprint density at radius 3 is 2.60 bits per heavy atom. The van der Waals surface area contributed by atoms with Crippen molar-refractivity contribution in [1.82, 2.24) is 20.0 Å². The highest BCUT2D eigenvalue weighted by Gasteiger charge is 2.09. The zero-order chi connectivity index (χ0) is 21.1. The minimum atomic E-state index is -2.87. The van der Waals surface area contributed by atoms with Crippen molar-refractivity contribution >= 4 is 39.6 Å². The molecular weight excluding hydrogens is 414 g/mol. The highest BCUT2D eigenvalue weighted by Crippen LogP contribution is 2.25. The molecule has 2 heterocycles. The molecule has 0 aliphatic rings. The zero-order valence-electron chi connectivity index (χ0n) is 15.8. The van der Waals surface area contributed by atoms with Crippen molar-refractivity contribution in [3.05, 3.63) is 65.6 Å². The van der Waals surface area contributed by atoms with Crippen LogP contribution in [0.2, 0.25) is 5.15 Å². The van der Waals surface area contributed by atoms with E-state index in [-0.39, 0.29) is 10.9 Å². The van der Waals surface area contributed by atoms with Gasteiger partial charge in [0.05, 0.1) is 17.7 Å². The lowest BCUT2D eigenvalue weighted by atomic mass is 10.2. The lowest BCUT2D eigenvalue weighted by Crippen LogP contribution is -2.07. The number of nitrogens with zero attached hydrogens (tertiary/aromatic N) is 4. The molecule has 7 nitrogen and oxygen atoms in total. The standard InChI is InChI=1S/C20H17ClF2N6O/c1-29-11-12-8-14(4-7-16(12)28-29)24-10-18-17(9-19(21)27-26-18)25-13-2-5-15(6-3-13)30-20(22)23/h2-9,11,20,24H,10H2,1H3,(H,25,27). The summed E-state index contributed by atoms with van der Waals surface area (Å²) in [6.07, 6.45) is 1.94. The Morgan fingerprint density at radius 2 is 1.83 bits per heavy atom. The molecule has 0 amide bonds. The van der Waals surface area contributed by atoms with Crippen molar-refractivity contribution in [3.63, 3.8) is 0 Å². The topological polar surface area (TPSA) is 76.9 Å². The molecule has 2 aromatic carbocycles. The largest absolute Gasteiger partial charge is 0.435 e. The third-order valence-electron chi connectivity index (χ3n) is 4.28. The number of nitrogens with one attached hydrogen (secondary N) is 2. The number of aromatic nitrogens is 4. The van der Waals surface area contributed by atoms with Gasteiger partial charge in [-0.25, -0.2) is 0 Å². The molecule has 30 heavy (non-hydrogen) atoms. The van der Waals surface area contributed by atoms with Crippen LogP contribution in [0, 0.1) is 0 Å². The van der Waals surface area contributed by atoms with Gasteiger partial charge in [0.2, 0.25) is 0 Å². The smallest absolute Gasteiger partial charge is 0.387 e. The molecule has 0 spiro atoms. The molecule has 0 radical (unpaired) electrons. The van der Waals surface area contributed by atoms with Gasteiger partial charge >= 0.3 is 6.61 Å². The van der Waals surface area contributed by atoms with Gasteiger partial charge in [-0.3, -0.25) is 4.68 Å². The van der Waals surface area contributed by atoms with Crippen LogP contribution >= 0.6 is 11.6 Å². The summed E-state index contributed by atoms with van der Waals surface area (Å²) in [7, 11) is 1.88. The van der Waals surface area contributed by atoms with E-state index >= 15 is 0 Å². The molecule has 0 atom stereocenters. The Kier molecular flexibility index (Phi) is 5.62. The lowest BCUT2D eigenvalue weighted by molar-refractivity contribution is -0.0498. The van der Waals surface area contributed by atoms with Crippen LogP contribution in [0.15, 0.2) is 54.7 Å². The second-order valence-corrected chi connectivity index (χ2v) is 6.87. The third-order valence-corrected chi connectivity index (χ3v) is 4.46. The Bertz CT molecular complexity index is 1170. The van der Waals surface area contributed by atoms with Crippen LogP contribution in [-0.4, -0.2) is 26.6 Å². The fraction of sp³-hybridized carbons (Fsp3) is 0.150. The van der Waals surface area contributed by atoms with E-state index in [1.165, 1.54) is 12.1 Å². The molecule has 0 bridgehead atoms. The van der Waals surface area contributed by atoms with E-state index < -0.39 is 6.61 Å². The Hall–Kier alpha value is -3.46. The number of hydrogen-bond donors (Lipinski definition) is 2. The Morgan fingerprint density at radius 1 is 1.07 bits per heavy atom. The maximum atomic E-state index is 12.3. The fourth-order valence-electron chi connectivity index (χ4n) is 2.95. The van der Waals surface area contributed by atoms with Crippen LogP contribution in [0.1, 0.15) is 5.69 Å². The van der Waals surface area contributed by atoms with Gasteiger partial charge < -0.3 is 15.4 Å². The molecular formula is C20H17ClF2N6O. The first-order valence-electron chi connectivity index (χ1n) is 8.97. The van der Waals surface area contributed by atoms with Gasteiger partial charge in [-0.05, 0) is 42.5 Å². The molecule has 0 unspecified atom stereocenters. The molecule has 0 saturated heterocycles. The van der Waals surface area contributed by atoms with Gasteiger partial charge in [0.1, 0.15) is 11.4 Å². The van der Waals surface area contributed by atoms with Gasteiger partial charge in [0.25, 0.3) is 0 Å². The molecule has 154 valence electrons. The van der Waals surface area contributed by atoms with E-state index in [4.69, 9.17) is 11.6 Å². The van der Waals surface area contributed by atoms with Crippen molar-refractivity contribution in [2.45, 2.75) is 13.2 Å². The van der Waals surface area contributed by atoms with Crippen molar-refractivity contribution in [1.29, 1.82) is 0 Å². The number of benzene rings is 2. The number of alkyl halides is 2. The van der Waals surface area contributed by atoms with E-state index in [9.17, 15) is 8.78 Å². The molecule has 4 aromatic rings.